The van der Waals surface area contributed by atoms with Gasteiger partial charge in [0.05, 0.1) is 20.8 Å². The van der Waals surface area contributed by atoms with Gasteiger partial charge in [0.15, 0.2) is 11.5 Å². The molecule has 6 heteroatoms. The van der Waals surface area contributed by atoms with E-state index in [0.717, 1.165) is 55.2 Å². The highest BCUT2D eigenvalue weighted by molar-refractivity contribution is 9.10. The van der Waals surface area contributed by atoms with Crippen LogP contribution >= 0.6 is 15.9 Å². The number of methoxy groups -OCH3 is 2. The molecule has 21 heavy (non-hydrogen) atoms. The minimum atomic E-state index is 0.237. The fourth-order valence-corrected chi connectivity index (χ4v) is 3.02. The standard InChI is InChI=1S/C15H23BrN2O3/c1-20-14-9-12(13(16)10-15(14)21-2)11-18-5-3-17(4-6-18)7-8-19/h9-10,19H,3-8,11H2,1-2H3. The van der Waals surface area contributed by atoms with E-state index in [1.165, 1.54) is 5.56 Å². The number of ether oxygens (including phenoxy) is 2. The molecule has 0 bridgehead atoms. The molecule has 2 rings (SSSR count). The van der Waals surface area contributed by atoms with Crippen molar-refractivity contribution in [2.75, 3.05) is 53.6 Å². The summed E-state index contributed by atoms with van der Waals surface area (Å²) >= 11 is 3.61. The normalized spacial score (nSPS) is 17.0. The minimum Gasteiger partial charge on any atom is -0.493 e. The van der Waals surface area contributed by atoms with Gasteiger partial charge in [-0.15, -0.1) is 0 Å². The quantitative estimate of drug-likeness (QED) is 0.836. The lowest BCUT2D eigenvalue weighted by molar-refractivity contribution is 0.108. The van der Waals surface area contributed by atoms with E-state index in [2.05, 4.69) is 25.7 Å². The molecule has 0 amide bonds. The average molecular weight is 359 g/mol. The molecule has 5 nitrogen and oxygen atoms in total. The van der Waals surface area contributed by atoms with Crippen LogP contribution in [0.15, 0.2) is 16.6 Å². The minimum absolute atomic E-state index is 0.237. The van der Waals surface area contributed by atoms with Crippen LogP contribution in [0.5, 0.6) is 11.5 Å². The molecule has 0 aromatic heterocycles. The molecular formula is C15H23BrN2O3. The van der Waals surface area contributed by atoms with Gasteiger partial charge in [-0.25, -0.2) is 0 Å². The monoisotopic (exact) mass is 358 g/mol. The highest BCUT2D eigenvalue weighted by atomic mass is 79.9. The molecule has 0 radical (unpaired) electrons. The molecule has 1 saturated heterocycles. The van der Waals surface area contributed by atoms with Gasteiger partial charge in [0.2, 0.25) is 0 Å². The number of halogens is 1. The second kappa shape index (κ2) is 7.98. The fraction of sp³-hybridized carbons (Fsp3) is 0.600. The third-order valence-corrected chi connectivity index (χ3v) is 4.57. The van der Waals surface area contributed by atoms with Crippen molar-refractivity contribution in [2.24, 2.45) is 0 Å². The summed E-state index contributed by atoms with van der Waals surface area (Å²) in [6.07, 6.45) is 0. The Morgan fingerprint density at radius 1 is 1.05 bits per heavy atom. The van der Waals surface area contributed by atoms with E-state index in [4.69, 9.17) is 14.6 Å². The Bertz CT molecular complexity index is 462. The fourth-order valence-electron chi connectivity index (χ4n) is 2.57. The van der Waals surface area contributed by atoms with Gasteiger partial charge in [0.25, 0.3) is 0 Å². The molecular weight excluding hydrogens is 336 g/mol. The van der Waals surface area contributed by atoms with Crippen LogP contribution in [-0.2, 0) is 6.54 Å². The van der Waals surface area contributed by atoms with E-state index in [1.807, 2.05) is 12.1 Å². The lowest BCUT2D eigenvalue weighted by Gasteiger charge is -2.34. The van der Waals surface area contributed by atoms with Crippen molar-refractivity contribution >= 4 is 15.9 Å². The van der Waals surface area contributed by atoms with Gasteiger partial charge in [-0.2, -0.15) is 0 Å². The highest BCUT2D eigenvalue weighted by Crippen LogP contribution is 2.33. The molecule has 1 aliphatic rings. The molecule has 0 atom stereocenters. The first-order valence-electron chi connectivity index (χ1n) is 7.14. The number of rotatable bonds is 6. The molecule has 1 aromatic rings. The summed E-state index contributed by atoms with van der Waals surface area (Å²) in [7, 11) is 3.30. The Morgan fingerprint density at radius 3 is 2.19 bits per heavy atom. The number of benzene rings is 1. The highest BCUT2D eigenvalue weighted by Gasteiger charge is 2.18. The van der Waals surface area contributed by atoms with Crippen LogP contribution in [0.2, 0.25) is 0 Å². The first-order chi connectivity index (χ1) is 10.2. The van der Waals surface area contributed by atoms with Crippen molar-refractivity contribution in [1.82, 2.24) is 9.80 Å². The van der Waals surface area contributed by atoms with Crippen molar-refractivity contribution in [3.05, 3.63) is 22.2 Å². The van der Waals surface area contributed by atoms with Gasteiger partial charge in [0, 0.05) is 43.7 Å². The van der Waals surface area contributed by atoms with Crippen LogP contribution in [0.4, 0.5) is 0 Å². The Labute approximate surface area is 134 Å². The maximum atomic E-state index is 8.98. The van der Waals surface area contributed by atoms with Crippen LogP contribution in [0.3, 0.4) is 0 Å². The third kappa shape index (κ3) is 4.32. The molecule has 1 aromatic carbocycles. The number of β-amino-alcohol motifs (C(OH)–C–C–N with tert-alkyl or cyclic N) is 1. The van der Waals surface area contributed by atoms with Crippen LogP contribution in [-0.4, -0.2) is 68.5 Å². The molecule has 0 aliphatic carbocycles. The summed E-state index contributed by atoms with van der Waals surface area (Å²) in [6.45, 7) is 5.93. The zero-order chi connectivity index (χ0) is 15.2. The van der Waals surface area contributed by atoms with Gasteiger partial charge >= 0.3 is 0 Å². The van der Waals surface area contributed by atoms with E-state index in [9.17, 15) is 0 Å². The largest absolute Gasteiger partial charge is 0.493 e. The first kappa shape index (κ1) is 16.5. The number of aliphatic hydroxyl groups is 1. The Balaban J connectivity index is 2.00. The second-order valence-electron chi connectivity index (χ2n) is 5.14. The molecule has 1 N–H and O–H groups in total. The van der Waals surface area contributed by atoms with Crippen molar-refractivity contribution in [1.29, 1.82) is 0 Å². The van der Waals surface area contributed by atoms with Crippen LogP contribution in [0, 0.1) is 0 Å². The number of nitrogens with zero attached hydrogens (tertiary/aromatic N) is 2. The molecule has 0 unspecified atom stereocenters. The summed E-state index contributed by atoms with van der Waals surface area (Å²) in [4.78, 5) is 4.71. The summed E-state index contributed by atoms with van der Waals surface area (Å²) < 4.78 is 11.7. The van der Waals surface area contributed by atoms with Crippen molar-refractivity contribution < 1.29 is 14.6 Å². The number of piperazine rings is 1. The Kier molecular flexibility index (Phi) is 6.29. The lowest BCUT2D eigenvalue weighted by Crippen LogP contribution is -2.46. The number of hydrogen-bond donors (Lipinski definition) is 1. The van der Waals surface area contributed by atoms with E-state index >= 15 is 0 Å². The first-order valence-corrected chi connectivity index (χ1v) is 7.93. The van der Waals surface area contributed by atoms with Crippen LogP contribution < -0.4 is 9.47 Å². The summed E-state index contributed by atoms with van der Waals surface area (Å²) in [5.74, 6) is 1.50. The zero-order valence-corrected chi connectivity index (χ0v) is 14.2. The third-order valence-electron chi connectivity index (χ3n) is 3.83. The number of hydrogen-bond acceptors (Lipinski definition) is 5. The van der Waals surface area contributed by atoms with Gasteiger partial charge in [0.1, 0.15) is 0 Å². The molecule has 118 valence electrons. The molecule has 1 fully saturated rings. The summed E-state index contributed by atoms with van der Waals surface area (Å²) in [5, 5.41) is 8.98. The second-order valence-corrected chi connectivity index (χ2v) is 5.99. The molecule has 1 heterocycles. The van der Waals surface area contributed by atoms with Gasteiger partial charge in [-0.05, 0) is 17.7 Å². The Hall–Kier alpha value is -0.820. The van der Waals surface area contributed by atoms with Gasteiger partial charge < -0.3 is 14.6 Å². The summed E-state index contributed by atoms with van der Waals surface area (Å²) in [6, 6.07) is 3.99. The molecule has 0 spiro atoms. The van der Waals surface area contributed by atoms with Crippen molar-refractivity contribution in [3.63, 3.8) is 0 Å². The van der Waals surface area contributed by atoms with Crippen molar-refractivity contribution in [3.8, 4) is 11.5 Å². The average Bonchev–Trinajstić information content (AvgIpc) is 2.51. The van der Waals surface area contributed by atoms with Gasteiger partial charge in [-0.1, -0.05) is 15.9 Å². The zero-order valence-electron chi connectivity index (χ0n) is 12.6. The lowest BCUT2D eigenvalue weighted by atomic mass is 10.1. The maximum absolute atomic E-state index is 8.98. The van der Waals surface area contributed by atoms with E-state index < -0.39 is 0 Å². The Morgan fingerprint density at radius 2 is 1.62 bits per heavy atom. The van der Waals surface area contributed by atoms with E-state index in [1.54, 1.807) is 14.2 Å². The maximum Gasteiger partial charge on any atom is 0.161 e. The summed E-state index contributed by atoms with van der Waals surface area (Å²) in [5.41, 5.74) is 1.20. The van der Waals surface area contributed by atoms with E-state index in [0.29, 0.717) is 0 Å². The topological polar surface area (TPSA) is 45.2 Å². The smallest absolute Gasteiger partial charge is 0.161 e. The van der Waals surface area contributed by atoms with Crippen LogP contribution in [0.25, 0.3) is 0 Å². The van der Waals surface area contributed by atoms with Crippen LogP contribution in [0.1, 0.15) is 5.56 Å². The number of aliphatic hydroxyl groups excluding tert-OH is 1. The SMILES string of the molecule is COc1cc(Br)c(CN2CCN(CCO)CC2)cc1OC. The predicted molar refractivity (Wildman–Crippen MR) is 86.0 cm³/mol. The van der Waals surface area contributed by atoms with Crippen molar-refractivity contribution in [2.45, 2.75) is 6.54 Å². The molecule has 1 aliphatic heterocycles. The molecule has 0 saturated carbocycles. The predicted octanol–water partition coefficient (Wildman–Crippen LogP) is 1.58. The van der Waals surface area contributed by atoms with E-state index in [-0.39, 0.29) is 6.61 Å². The van der Waals surface area contributed by atoms with Gasteiger partial charge in [-0.3, -0.25) is 9.80 Å².